The van der Waals surface area contributed by atoms with Crippen LogP contribution in [-0.4, -0.2) is 36.0 Å². The Morgan fingerprint density at radius 3 is 2.94 bits per heavy atom. The smallest absolute Gasteiger partial charge is 0.270 e. The largest absolute Gasteiger partial charge is 0.383 e. The minimum Gasteiger partial charge on any atom is -0.383 e. The van der Waals surface area contributed by atoms with Crippen molar-refractivity contribution in [2.24, 2.45) is 0 Å². The number of aromatic nitrogens is 1. The molecule has 0 saturated carbocycles. The molecule has 0 aromatic carbocycles. The molecule has 0 spiro atoms. The molecule has 4 nitrogen and oxygen atoms in total. The predicted molar refractivity (Wildman–Crippen MR) is 65.7 cm³/mol. The Bertz CT molecular complexity index is 353. The maximum atomic E-state index is 12.6. The van der Waals surface area contributed by atoms with Crippen LogP contribution in [0.5, 0.6) is 0 Å². The van der Waals surface area contributed by atoms with Crippen molar-refractivity contribution in [1.29, 1.82) is 0 Å². The second-order valence-electron chi connectivity index (χ2n) is 3.47. The number of hydrogen-bond acceptors (Lipinski definition) is 3. The Hall–Kier alpha value is -1.01. The van der Waals surface area contributed by atoms with Crippen LogP contribution >= 0.6 is 15.9 Å². The SMILES string of the molecule is COCC(CCBr)NC(=O)c1ccc(F)cn1. The van der Waals surface area contributed by atoms with Gasteiger partial charge in [-0.25, -0.2) is 9.37 Å². The fraction of sp³-hybridized carbons (Fsp3) is 0.455. The third kappa shape index (κ3) is 4.79. The third-order valence-electron chi connectivity index (χ3n) is 2.12. The van der Waals surface area contributed by atoms with Crippen LogP contribution in [0.2, 0.25) is 0 Å². The lowest BCUT2D eigenvalue weighted by Gasteiger charge is -2.16. The van der Waals surface area contributed by atoms with E-state index in [4.69, 9.17) is 4.74 Å². The lowest BCUT2D eigenvalue weighted by atomic mass is 10.2. The van der Waals surface area contributed by atoms with Crippen LogP contribution in [0.4, 0.5) is 4.39 Å². The van der Waals surface area contributed by atoms with Crippen LogP contribution in [0, 0.1) is 5.82 Å². The first-order valence-corrected chi connectivity index (χ1v) is 6.27. The van der Waals surface area contributed by atoms with E-state index in [0.29, 0.717) is 6.61 Å². The molecule has 1 atom stereocenters. The highest BCUT2D eigenvalue weighted by Gasteiger charge is 2.14. The molecular weight excluding hydrogens is 291 g/mol. The molecule has 6 heteroatoms. The van der Waals surface area contributed by atoms with Crippen molar-refractivity contribution >= 4 is 21.8 Å². The highest BCUT2D eigenvalue weighted by molar-refractivity contribution is 9.09. The molecule has 0 aliphatic carbocycles. The minimum atomic E-state index is -0.463. The lowest BCUT2D eigenvalue weighted by molar-refractivity contribution is 0.0890. The molecule has 1 aromatic rings. The number of amides is 1. The molecule has 0 bridgehead atoms. The fourth-order valence-electron chi connectivity index (χ4n) is 1.30. The standard InChI is InChI=1S/C11H14BrFN2O2/c1-17-7-9(4-5-12)15-11(16)10-3-2-8(13)6-14-10/h2-3,6,9H,4-5,7H2,1H3,(H,15,16). The summed E-state index contributed by atoms with van der Waals surface area (Å²) in [6.07, 6.45) is 1.77. The molecule has 1 heterocycles. The molecule has 0 aliphatic rings. The average molecular weight is 305 g/mol. The van der Waals surface area contributed by atoms with Gasteiger partial charge in [0.25, 0.3) is 5.91 Å². The monoisotopic (exact) mass is 304 g/mol. The number of nitrogens with zero attached hydrogens (tertiary/aromatic N) is 1. The van der Waals surface area contributed by atoms with Gasteiger partial charge in [0.15, 0.2) is 0 Å². The van der Waals surface area contributed by atoms with E-state index >= 15 is 0 Å². The Balaban J connectivity index is 2.60. The quantitative estimate of drug-likeness (QED) is 0.815. The number of pyridine rings is 1. The van der Waals surface area contributed by atoms with E-state index in [1.54, 1.807) is 7.11 Å². The molecular formula is C11H14BrFN2O2. The number of nitrogens with one attached hydrogen (secondary N) is 1. The second kappa shape index (κ2) is 7.34. The molecule has 94 valence electrons. The Labute approximate surface area is 108 Å². The molecule has 1 amide bonds. The van der Waals surface area contributed by atoms with E-state index in [1.165, 1.54) is 12.1 Å². The number of carbonyl (C=O) groups is 1. The first kappa shape index (κ1) is 14.1. The lowest BCUT2D eigenvalue weighted by Crippen LogP contribution is -2.38. The van der Waals surface area contributed by atoms with Gasteiger partial charge in [-0.1, -0.05) is 15.9 Å². The van der Waals surface area contributed by atoms with Crippen LogP contribution in [0.3, 0.4) is 0 Å². The zero-order valence-corrected chi connectivity index (χ0v) is 11.0. The Kier molecular flexibility index (Phi) is 6.07. The van der Waals surface area contributed by atoms with Gasteiger partial charge in [-0.05, 0) is 18.6 Å². The van der Waals surface area contributed by atoms with Crippen molar-refractivity contribution in [2.45, 2.75) is 12.5 Å². The summed E-state index contributed by atoms with van der Waals surface area (Å²) in [5.74, 6) is -0.788. The van der Waals surface area contributed by atoms with E-state index < -0.39 is 5.82 Å². The predicted octanol–water partition coefficient (Wildman–Crippen LogP) is 1.75. The number of hydrogen-bond donors (Lipinski definition) is 1. The fourth-order valence-corrected chi connectivity index (χ4v) is 1.85. The van der Waals surface area contributed by atoms with Gasteiger partial charge in [-0.15, -0.1) is 0 Å². The molecule has 0 radical (unpaired) electrons. The van der Waals surface area contributed by atoms with Gasteiger partial charge in [0.1, 0.15) is 11.5 Å². The van der Waals surface area contributed by atoms with E-state index in [1.807, 2.05) is 0 Å². The van der Waals surface area contributed by atoms with Crippen molar-refractivity contribution < 1.29 is 13.9 Å². The summed E-state index contributed by atoms with van der Waals surface area (Å²) in [4.78, 5) is 15.5. The van der Waals surface area contributed by atoms with Gasteiger partial charge in [-0.3, -0.25) is 4.79 Å². The zero-order chi connectivity index (χ0) is 12.7. The molecule has 17 heavy (non-hydrogen) atoms. The maximum Gasteiger partial charge on any atom is 0.270 e. The first-order chi connectivity index (χ1) is 8.17. The summed E-state index contributed by atoms with van der Waals surface area (Å²) >= 11 is 3.30. The van der Waals surface area contributed by atoms with Crippen molar-refractivity contribution in [2.75, 3.05) is 19.0 Å². The first-order valence-electron chi connectivity index (χ1n) is 5.14. The van der Waals surface area contributed by atoms with Gasteiger partial charge in [0.05, 0.1) is 18.8 Å². The van der Waals surface area contributed by atoms with E-state index in [2.05, 4.69) is 26.2 Å². The third-order valence-corrected chi connectivity index (χ3v) is 2.58. The Morgan fingerprint density at radius 2 is 2.41 bits per heavy atom. The van der Waals surface area contributed by atoms with Gasteiger partial charge in [-0.2, -0.15) is 0 Å². The number of carbonyl (C=O) groups excluding carboxylic acids is 1. The van der Waals surface area contributed by atoms with Crippen molar-refractivity contribution in [3.8, 4) is 0 Å². The molecule has 1 N–H and O–H groups in total. The van der Waals surface area contributed by atoms with Gasteiger partial charge >= 0.3 is 0 Å². The summed E-state index contributed by atoms with van der Waals surface area (Å²) in [7, 11) is 1.57. The normalized spacial score (nSPS) is 12.2. The molecule has 0 aliphatic heterocycles. The summed E-state index contributed by atoms with van der Waals surface area (Å²) < 4.78 is 17.6. The van der Waals surface area contributed by atoms with Crippen LogP contribution in [0.25, 0.3) is 0 Å². The molecule has 1 rings (SSSR count). The number of halogens is 2. The van der Waals surface area contributed by atoms with Crippen LogP contribution in [0.15, 0.2) is 18.3 Å². The summed E-state index contributed by atoms with van der Waals surface area (Å²) in [5, 5.41) is 3.54. The van der Waals surface area contributed by atoms with Crippen molar-refractivity contribution in [1.82, 2.24) is 10.3 Å². The molecule has 1 aromatic heterocycles. The average Bonchev–Trinajstić information content (AvgIpc) is 2.30. The van der Waals surface area contributed by atoms with Crippen LogP contribution in [-0.2, 0) is 4.74 Å². The number of methoxy groups -OCH3 is 1. The number of ether oxygens (including phenoxy) is 1. The summed E-state index contributed by atoms with van der Waals surface area (Å²) in [6.45, 7) is 0.429. The maximum absolute atomic E-state index is 12.6. The van der Waals surface area contributed by atoms with Gasteiger partial charge < -0.3 is 10.1 Å². The van der Waals surface area contributed by atoms with E-state index in [0.717, 1.165) is 17.9 Å². The highest BCUT2D eigenvalue weighted by Crippen LogP contribution is 2.01. The summed E-state index contributed by atoms with van der Waals surface area (Å²) in [6, 6.07) is 2.47. The second-order valence-corrected chi connectivity index (χ2v) is 4.26. The van der Waals surface area contributed by atoms with Crippen molar-refractivity contribution in [3.05, 3.63) is 29.8 Å². The Morgan fingerprint density at radius 1 is 1.65 bits per heavy atom. The van der Waals surface area contributed by atoms with Crippen LogP contribution in [0.1, 0.15) is 16.9 Å². The molecule has 0 saturated heterocycles. The number of rotatable bonds is 6. The zero-order valence-electron chi connectivity index (χ0n) is 9.45. The van der Waals surface area contributed by atoms with Crippen molar-refractivity contribution in [3.63, 3.8) is 0 Å². The summed E-state index contributed by atoms with van der Waals surface area (Å²) in [5.41, 5.74) is 0.196. The minimum absolute atomic E-state index is 0.0845. The van der Waals surface area contributed by atoms with E-state index in [9.17, 15) is 9.18 Å². The van der Waals surface area contributed by atoms with E-state index in [-0.39, 0.29) is 17.6 Å². The topological polar surface area (TPSA) is 51.2 Å². The molecule has 1 unspecified atom stereocenters. The van der Waals surface area contributed by atoms with Gasteiger partial charge in [0, 0.05) is 12.4 Å². The van der Waals surface area contributed by atoms with Crippen LogP contribution < -0.4 is 5.32 Å². The highest BCUT2D eigenvalue weighted by atomic mass is 79.9. The number of alkyl halides is 1. The molecule has 0 fully saturated rings. The van der Waals surface area contributed by atoms with Gasteiger partial charge in [0.2, 0.25) is 0 Å².